The van der Waals surface area contributed by atoms with Crippen LogP contribution in [0.15, 0.2) is 12.2 Å². The number of rotatable bonds is 31. The topological polar surface area (TPSA) is 72.8 Å². The molecule has 40 heavy (non-hydrogen) atoms. The molecule has 0 bridgehead atoms. The SMILES string of the molecule is CCCCC=CCCCCCCCC(=O)OC(CO)COC(=O)CCCCCCCCCCCCCCCCC. The van der Waals surface area contributed by atoms with E-state index < -0.39 is 6.10 Å². The minimum atomic E-state index is -0.767. The first-order valence-electron chi connectivity index (χ1n) is 17.2. The van der Waals surface area contributed by atoms with Crippen molar-refractivity contribution in [2.75, 3.05) is 13.2 Å². The molecule has 1 N–H and O–H groups in total. The highest BCUT2D eigenvalue weighted by molar-refractivity contribution is 5.70. The average Bonchev–Trinajstić information content (AvgIpc) is 2.96. The summed E-state index contributed by atoms with van der Waals surface area (Å²) in [6.07, 6.45) is 34.1. The molecule has 1 atom stereocenters. The normalized spacial score (nSPS) is 12.2. The minimum Gasteiger partial charge on any atom is -0.462 e. The van der Waals surface area contributed by atoms with Crippen LogP contribution in [-0.4, -0.2) is 36.4 Å². The summed E-state index contributed by atoms with van der Waals surface area (Å²) in [6.45, 7) is 4.09. The molecule has 5 nitrogen and oxygen atoms in total. The largest absolute Gasteiger partial charge is 0.462 e. The smallest absolute Gasteiger partial charge is 0.306 e. The molecular weight excluding hydrogens is 500 g/mol. The lowest BCUT2D eigenvalue weighted by molar-refractivity contribution is -0.161. The quantitative estimate of drug-likeness (QED) is 0.0513. The van der Waals surface area contributed by atoms with E-state index >= 15 is 0 Å². The van der Waals surface area contributed by atoms with Crippen molar-refractivity contribution in [2.24, 2.45) is 0 Å². The first kappa shape index (κ1) is 38.6. The van der Waals surface area contributed by atoms with E-state index in [0.29, 0.717) is 12.8 Å². The number of hydrogen-bond donors (Lipinski definition) is 1. The predicted octanol–water partition coefficient (Wildman–Crippen LogP) is 10.2. The minimum absolute atomic E-state index is 0.0639. The number of carbonyl (C=O) groups is 2. The molecule has 0 rings (SSSR count). The van der Waals surface area contributed by atoms with Crippen LogP contribution in [0.2, 0.25) is 0 Å². The molecule has 0 fully saturated rings. The van der Waals surface area contributed by atoms with Gasteiger partial charge < -0.3 is 14.6 Å². The van der Waals surface area contributed by atoms with Gasteiger partial charge in [-0.3, -0.25) is 9.59 Å². The number of aliphatic hydroxyl groups is 1. The number of hydrogen-bond acceptors (Lipinski definition) is 5. The molecule has 0 aromatic heterocycles. The first-order valence-corrected chi connectivity index (χ1v) is 17.2. The second kappa shape index (κ2) is 32.2. The van der Waals surface area contributed by atoms with Gasteiger partial charge in [0.2, 0.25) is 0 Å². The van der Waals surface area contributed by atoms with Crippen molar-refractivity contribution in [1.29, 1.82) is 0 Å². The Morgan fingerprint density at radius 1 is 0.550 bits per heavy atom. The van der Waals surface area contributed by atoms with E-state index in [-0.39, 0.29) is 25.2 Å². The maximum absolute atomic E-state index is 12.1. The second-order valence-electron chi connectivity index (χ2n) is 11.6. The summed E-state index contributed by atoms with van der Waals surface area (Å²) in [5.41, 5.74) is 0. The predicted molar refractivity (Wildman–Crippen MR) is 168 cm³/mol. The van der Waals surface area contributed by atoms with Crippen molar-refractivity contribution in [1.82, 2.24) is 0 Å². The number of esters is 2. The zero-order valence-electron chi connectivity index (χ0n) is 26.6. The van der Waals surface area contributed by atoms with E-state index in [1.165, 1.54) is 109 Å². The molecular formula is C35H66O5. The van der Waals surface area contributed by atoms with Gasteiger partial charge >= 0.3 is 11.9 Å². The molecule has 0 aromatic rings. The van der Waals surface area contributed by atoms with Gasteiger partial charge in [0.1, 0.15) is 6.61 Å². The van der Waals surface area contributed by atoms with Gasteiger partial charge in [-0.1, -0.05) is 148 Å². The number of ether oxygens (including phenoxy) is 2. The highest BCUT2D eigenvalue weighted by atomic mass is 16.6. The van der Waals surface area contributed by atoms with Crippen molar-refractivity contribution in [2.45, 2.75) is 187 Å². The Morgan fingerprint density at radius 2 is 0.950 bits per heavy atom. The van der Waals surface area contributed by atoms with E-state index in [0.717, 1.165) is 44.9 Å². The molecule has 0 amide bonds. The fraction of sp³-hybridized carbons (Fsp3) is 0.886. The van der Waals surface area contributed by atoms with Crippen LogP contribution in [0, 0.1) is 0 Å². The standard InChI is InChI=1S/C35H66O5/c1-3-5-7-9-11-13-15-16-17-18-20-21-23-25-27-29-34(37)39-32-33(31-36)40-35(38)30-28-26-24-22-19-14-12-10-8-6-4-2/h10,12,33,36H,3-9,11,13-32H2,1-2H3. The van der Waals surface area contributed by atoms with Crippen LogP contribution in [0.4, 0.5) is 0 Å². The molecule has 0 radical (unpaired) electrons. The molecule has 0 spiro atoms. The Balaban J connectivity index is 3.54. The van der Waals surface area contributed by atoms with Gasteiger partial charge in [-0.05, 0) is 32.1 Å². The molecule has 0 heterocycles. The van der Waals surface area contributed by atoms with Crippen molar-refractivity contribution in [3.63, 3.8) is 0 Å². The van der Waals surface area contributed by atoms with Crippen LogP contribution < -0.4 is 0 Å². The van der Waals surface area contributed by atoms with E-state index in [9.17, 15) is 14.7 Å². The van der Waals surface area contributed by atoms with Crippen molar-refractivity contribution >= 4 is 11.9 Å². The third-order valence-corrected chi connectivity index (χ3v) is 7.56. The molecule has 0 aromatic carbocycles. The van der Waals surface area contributed by atoms with E-state index in [2.05, 4.69) is 26.0 Å². The van der Waals surface area contributed by atoms with Gasteiger partial charge in [0.25, 0.3) is 0 Å². The number of aliphatic hydroxyl groups excluding tert-OH is 1. The van der Waals surface area contributed by atoms with Gasteiger partial charge in [0.05, 0.1) is 6.61 Å². The van der Waals surface area contributed by atoms with Crippen molar-refractivity contribution < 1.29 is 24.2 Å². The van der Waals surface area contributed by atoms with Crippen molar-refractivity contribution in [3.8, 4) is 0 Å². The van der Waals surface area contributed by atoms with Gasteiger partial charge in [0, 0.05) is 12.8 Å². The van der Waals surface area contributed by atoms with Crippen molar-refractivity contribution in [3.05, 3.63) is 12.2 Å². The Bertz CT molecular complexity index is 574. The highest BCUT2D eigenvalue weighted by Crippen LogP contribution is 2.14. The van der Waals surface area contributed by atoms with Crippen LogP contribution in [0.3, 0.4) is 0 Å². The molecule has 0 saturated carbocycles. The van der Waals surface area contributed by atoms with Crippen LogP contribution in [0.25, 0.3) is 0 Å². The lowest BCUT2D eigenvalue weighted by Gasteiger charge is -2.15. The van der Waals surface area contributed by atoms with Gasteiger partial charge in [-0.2, -0.15) is 0 Å². The summed E-state index contributed by atoms with van der Waals surface area (Å²) in [5, 5.41) is 9.49. The lowest BCUT2D eigenvalue weighted by Crippen LogP contribution is -2.28. The fourth-order valence-corrected chi connectivity index (χ4v) is 4.89. The summed E-state index contributed by atoms with van der Waals surface area (Å²) in [7, 11) is 0. The average molecular weight is 567 g/mol. The zero-order valence-corrected chi connectivity index (χ0v) is 26.6. The van der Waals surface area contributed by atoms with Gasteiger partial charge in [0.15, 0.2) is 6.10 Å². The maximum Gasteiger partial charge on any atom is 0.306 e. The van der Waals surface area contributed by atoms with Crippen LogP contribution in [-0.2, 0) is 19.1 Å². The Kier molecular flexibility index (Phi) is 31.1. The molecule has 5 heteroatoms. The Labute approximate surface area is 248 Å². The van der Waals surface area contributed by atoms with Gasteiger partial charge in [-0.15, -0.1) is 0 Å². The Morgan fingerprint density at radius 3 is 1.43 bits per heavy atom. The third-order valence-electron chi connectivity index (χ3n) is 7.56. The highest BCUT2D eigenvalue weighted by Gasteiger charge is 2.16. The molecule has 1 unspecified atom stereocenters. The van der Waals surface area contributed by atoms with Crippen LogP contribution in [0.1, 0.15) is 181 Å². The molecule has 0 aliphatic rings. The number of carbonyl (C=O) groups excluding carboxylic acids is 2. The third kappa shape index (κ3) is 29.6. The summed E-state index contributed by atoms with van der Waals surface area (Å²) >= 11 is 0. The number of unbranched alkanes of at least 4 members (excludes halogenated alkanes) is 21. The fourth-order valence-electron chi connectivity index (χ4n) is 4.89. The summed E-state index contributed by atoms with van der Waals surface area (Å²) in [6, 6.07) is 0. The number of allylic oxidation sites excluding steroid dienone is 2. The monoisotopic (exact) mass is 566 g/mol. The molecule has 236 valence electrons. The summed E-state index contributed by atoms with van der Waals surface area (Å²) in [5.74, 6) is -0.597. The van der Waals surface area contributed by atoms with Crippen LogP contribution >= 0.6 is 0 Å². The Hall–Kier alpha value is -1.36. The summed E-state index contributed by atoms with van der Waals surface area (Å²) in [4.78, 5) is 24.1. The summed E-state index contributed by atoms with van der Waals surface area (Å²) < 4.78 is 10.5. The van der Waals surface area contributed by atoms with E-state index in [1.54, 1.807) is 0 Å². The lowest BCUT2D eigenvalue weighted by atomic mass is 10.0. The van der Waals surface area contributed by atoms with E-state index in [1.807, 2.05) is 0 Å². The second-order valence-corrected chi connectivity index (χ2v) is 11.6. The maximum atomic E-state index is 12.1. The molecule has 0 aliphatic heterocycles. The van der Waals surface area contributed by atoms with Crippen LogP contribution in [0.5, 0.6) is 0 Å². The molecule has 0 aliphatic carbocycles. The molecule has 0 saturated heterocycles. The zero-order chi connectivity index (χ0) is 29.4. The first-order chi connectivity index (χ1) is 19.6. The van der Waals surface area contributed by atoms with E-state index in [4.69, 9.17) is 9.47 Å². The van der Waals surface area contributed by atoms with Gasteiger partial charge in [-0.25, -0.2) is 0 Å².